The second-order valence-electron chi connectivity index (χ2n) is 7.17. The summed E-state index contributed by atoms with van der Waals surface area (Å²) in [6.45, 7) is 7.77. The van der Waals surface area contributed by atoms with Gasteiger partial charge in [0.1, 0.15) is 5.82 Å². The summed E-state index contributed by atoms with van der Waals surface area (Å²) in [4.78, 5) is 4.84. The first-order valence-corrected chi connectivity index (χ1v) is 7.71. The third-order valence-electron chi connectivity index (χ3n) is 4.13. The van der Waals surface area contributed by atoms with Gasteiger partial charge in [-0.3, -0.25) is 0 Å². The van der Waals surface area contributed by atoms with Gasteiger partial charge < -0.3 is 10.3 Å². The average Bonchev–Trinajstić information content (AvgIpc) is 3.09. The normalized spacial score (nSPS) is 15.9. The molecule has 0 bridgehead atoms. The van der Waals surface area contributed by atoms with Crippen LogP contribution < -0.4 is 5.73 Å². The first kappa shape index (κ1) is 13.5. The highest BCUT2D eigenvalue weighted by Gasteiger charge is 2.24. The summed E-state index contributed by atoms with van der Waals surface area (Å²) >= 11 is 0. The van der Waals surface area contributed by atoms with Crippen LogP contribution in [0.4, 0.5) is 5.69 Å². The Bertz CT molecular complexity index is 615. The lowest BCUT2D eigenvalue weighted by Crippen LogP contribution is -2.19. The first-order valence-electron chi connectivity index (χ1n) is 7.71. The topological polar surface area (TPSA) is 43.8 Å². The fraction of sp³-hybridized carbons (Fsp3) is 0.588. The Hall–Kier alpha value is -1.51. The number of aromatic nitrogens is 2. The number of fused-ring (bicyclic) bond motifs is 1. The van der Waals surface area contributed by atoms with Crippen LogP contribution in [0.15, 0.2) is 18.2 Å². The second-order valence-corrected chi connectivity index (χ2v) is 7.17. The van der Waals surface area contributed by atoms with Crippen LogP contribution >= 0.6 is 0 Å². The fourth-order valence-electron chi connectivity index (χ4n) is 2.89. The number of hydrogen-bond donors (Lipinski definition) is 1. The molecule has 108 valence electrons. The summed E-state index contributed by atoms with van der Waals surface area (Å²) < 4.78 is 2.40. The van der Waals surface area contributed by atoms with Crippen LogP contribution in [-0.4, -0.2) is 9.55 Å². The summed E-state index contributed by atoms with van der Waals surface area (Å²) in [5.41, 5.74) is 9.00. The number of nitrogens with two attached hydrogens (primary N) is 1. The number of hydrogen-bond acceptors (Lipinski definition) is 2. The van der Waals surface area contributed by atoms with Gasteiger partial charge in [0.15, 0.2) is 0 Å². The molecule has 3 heteroatoms. The van der Waals surface area contributed by atoms with Gasteiger partial charge in [0.05, 0.1) is 11.0 Å². The lowest BCUT2D eigenvalue weighted by atomic mass is 9.95. The lowest BCUT2D eigenvalue weighted by Gasteiger charge is -2.20. The van der Waals surface area contributed by atoms with Gasteiger partial charge in [0.2, 0.25) is 0 Å². The number of nitrogens with zero attached hydrogens (tertiary/aromatic N) is 2. The predicted molar refractivity (Wildman–Crippen MR) is 84.8 cm³/mol. The molecule has 0 unspecified atom stereocenters. The molecule has 1 fully saturated rings. The second kappa shape index (κ2) is 4.80. The maximum absolute atomic E-state index is 5.89. The highest BCUT2D eigenvalue weighted by atomic mass is 15.1. The van der Waals surface area contributed by atoms with Crippen LogP contribution in [0.2, 0.25) is 0 Å². The predicted octanol–water partition coefficient (Wildman–Crippen LogP) is 4.11. The van der Waals surface area contributed by atoms with E-state index in [0.717, 1.165) is 23.7 Å². The van der Waals surface area contributed by atoms with Crippen molar-refractivity contribution in [3.05, 3.63) is 24.0 Å². The van der Waals surface area contributed by atoms with Crippen molar-refractivity contribution in [2.24, 2.45) is 5.92 Å². The first-order chi connectivity index (χ1) is 9.45. The summed E-state index contributed by atoms with van der Waals surface area (Å²) in [6.07, 6.45) is 5.49. The van der Waals surface area contributed by atoms with E-state index in [1.54, 1.807) is 0 Å². The van der Waals surface area contributed by atoms with Crippen molar-refractivity contribution in [3.63, 3.8) is 0 Å². The van der Waals surface area contributed by atoms with E-state index in [-0.39, 0.29) is 5.41 Å². The van der Waals surface area contributed by atoms with Crippen LogP contribution in [0.5, 0.6) is 0 Å². The van der Waals surface area contributed by atoms with E-state index in [2.05, 4.69) is 31.4 Å². The molecule has 3 nitrogen and oxygen atoms in total. The van der Waals surface area contributed by atoms with E-state index in [0.29, 0.717) is 0 Å². The molecule has 20 heavy (non-hydrogen) atoms. The molecule has 1 heterocycles. The third-order valence-corrected chi connectivity index (χ3v) is 4.13. The molecule has 1 aromatic carbocycles. The minimum atomic E-state index is 0.0629. The number of benzene rings is 1. The number of imidazole rings is 1. The number of nitrogen functional groups attached to an aromatic ring is 1. The number of aryl methyl sites for hydroxylation is 1. The zero-order chi connectivity index (χ0) is 14.3. The highest BCUT2D eigenvalue weighted by Crippen LogP contribution is 2.34. The third kappa shape index (κ3) is 2.67. The molecule has 2 N–H and O–H groups in total. The summed E-state index contributed by atoms with van der Waals surface area (Å²) in [5, 5.41) is 0. The number of anilines is 1. The summed E-state index contributed by atoms with van der Waals surface area (Å²) in [6, 6.07) is 6.08. The molecule has 1 aliphatic rings. The fourth-order valence-corrected chi connectivity index (χ4v) is 2.89. The molecule has 0 spiro atoms. The molecule has 0 saturated heterocycles. The van der Waals surface area contributed by atoms with Gasteiger partial charge >= 0.3 is 0 Å². The SMILES string of the molecule is CC(C)(C)c1nc2cc(N)ccc2n1CCCC1CC1. The monoisotopic (exact) mass is 271 g/mol. The van der Waals surface area contributed by atoms with Crippen LogP contribution in [0.3, 0.4) is 0 Å². The Labute approximate surface area is 121 Å². The minimum absolute atomic E-state index is 0.0629. The maximum Gasteiger partial charge on any atom is 0.115 e. The van der Waals surface area contributed by atoms with E-state index in [4.69, 9.17) is 10.7 Å². The van der Waals surface area contributed by atoms with Gasteiger partial charge in [-0.05, 0) is 37.0 Å². The van der Waals surface area contributed by atoms with E-state index in [1.165, 1.54) is 37.0 Å². The van der Waals surface area contributed by atoms with E-state index in [9.17, 15) is 0 Å². The van der Waals surface area contributed by atoms with Gasteiger partial charge in [-0.1, -0.05) is 33.6 Å². The molecular formula is C17H25N3. The smallest absolute Gasteiger partial charge is 0.115 e. The summed E-state index contributed by atoms with van der Waals surface area (Å²) in [5.74, 6) is 2.17. The van der Waals surface area contributed by atoms with Gasteiger partial charge in [-0.2, -0.15) is 0 Å². The van der Waals surface area contributed by atoms with E-state index >= 15 is 0 Å². The van der Waals surface area contributed by atoms with Crippen LogP contribution in [0, 0.1) is 5.92 Å². The van der Waals surface area contributed by atoms with Gasteiger partial charge in [-0.25, -0.2) is 4.98 Å². The molecule has 1 aromatic heterocycles. The molecule has 0 aliphatic heterocycles. The lowest BCUT2D eigenvalue weighted by molar-refractivity contribution is 0.486. The Balaban J connectivity index is 1.96. The van der Waals surface area contributed by atoms with Crippen molar-refractivity contribution >= 4 is 16.7 Å². The molecule has 0 radical (unpaired) electrons. The van der Waals surface area contributed by atoms with Crippen molar-refractivity contribution in [1.82, 2.24) is 9.55 Å². The van der Waals surface area contributed by atoms with Crippen LogP contribution in [-0.2, 0) is 12.0 Å². The quantitative estimate of drug-likeness (QED) is 0.851. The van der Waals surface area contributed by atoms with Gasteiger partial charge in [0.25, 0.3) is 0 Å². The van der Waals surface area contributed by atoms with E-state index in [1.807, 2.05) is 12.1 Å². The maximum atomic E-state index is 5.89. The van der Waals surface area contributed by atoms with Crippen molar-refractivity contribution < 1.29 is 0 Å². The van der Waals surface area contributed by atoms with Crippen molar-refractivity contribution in [1.29, 1.82) is 0 Å². The Kier molecular flexibility index (Phi) is 3.23. The Morgan fingerprint density at radius 3 is 2.70 bits per heavy atom. The average molecular weight is 271 g/mol. The van der Waals surface area contributed by atoms with Gasteiger partial charge in [-0.15, -0.1) is 0 Å². The summed E-state index contributed by atoms with van der Waals surface area (Å²) in [7, 11) is 0. The van der Waals surface area contributed by atoms with Crippen molar-refractivity contribution in [3.8, 4) is 0 Å². The molecule has 0 amide bonds. The molecule has 2 aromatic rings. The number of rotatable bonds is 4. The molecule has 1 saturated carbocycles. The Morgan fingerprint density at radius 2 is 2.05 bits per heavy atom. The van der Waals surface area contributed by atoms with Crippen LogP contribution in [0.1, 0.15) is 52.3 Å². The Morgan fingerprint density at radius 1 is 1.30 bits per heavy atom. The van der Waals surface area contributed by atoms with Gasteiger partial charge in [0, 0.05) is 17.6 Å². The molecule has 1 aliphatic carbocycles. The zero-order valence-electron chi connectivity index (χ0n) is 12.8. The molecule has 0 atom stereocenters. The molecular weight excluding hydrogens is 246 g/mol. The van der Waals surface area contributed by atoms with E-state index < -0.39 is 0 Å². The minimum Gasteiger partial charge on any atom is -0.399 e. The largest absolute Gasteiger partial charge is 0.399 e. The van der Waals surface area contributed by atoms with Crippen molar-refractivity contribution in [2.75, 3.05) is 5.73 Å². The molecule has 3 rings (SSSR count). The highest BCUT2D eigenvalue weighted by molar-refractivity contribution is 5.79. The van der Waals surface area contributed by atoms with Crippen molar-refractivity contribution in [2.45, 2.75) is 58.4 Å². The zero-order valence-corrected chi connectivity index (χ0v) is 12.8. The standard InChI is InChI=1S/C17H25N3/c1-17(2,3)16-19-14-11-13(18)8-9-15(14)20(16)10-4-5-12-6-7-12/h8-9,11-12H,4-7,10,18H2,1-3H3. The van der Waals surface area contributed by atoms with Crippen LogP contribution in [0.25, 0.3) is 11.0 Å².